The number of rotatable bonds is 32. The van der Waals surface area contributed by atoms with E-state index in [0.29, 0.717) is 49.4 Å². The van der Waals surface area contributed by atoms with Gasteiger partial charge in [-0.25, -0.2) is 4.79 Å². The van der Waals surface area contributed by atoms with Gasteiger partial charge in [0, 0.05) is 51.6 Å². The number of carbonyl (C=O) groups excluding carboxylic acids is 7. The molecule has 0 bridgehead atoms. The van der Waals surface area contributed by atoms with Crippen molar-refractivity contribution in [2.45, 2.75) is 246 Å². The van der Waals surface area contributed by atoms with Gasteiger partial charge in [-0.05, 0) is 96.8 Å². The number of hydrogen-bond donors (Lipinski definition) is 0. The predicted molar refractivity (Wildman–Crippen MR) is 281 cm³/mol. The first kappa shape index (κ1) is 62.6. The van der Waals surface area contributed by atoms with Crippen LogP contribution in [-0.4, -0.2) is 105 Å². The van der Waals surface area contributed by atoms with Gasteiger partial charge >= 0.3 is 41.9 Å². The molecule has 4 aliphatic rings. The topological polar surface area (TPSA) is 187 Å². The number of hydrogen-bond acceptors (Lipinski definition) is 14. The zero-order chi connectivity index (χ0) is 53.7. The van der Waals surface area contributed by atoms with Crippen molar-refractivity contribution in [2.75, 3.05) is 52.7 Å². The van der Waals surface area contributed by atoms with Gasteiger partial charge in [-0.15, -0.1) is 0 Å². The van der Waals surface area contributed by atoms with E-state index < -0.39 is 34.5 Å². The summed E-state index contributed by atoms with van der Waals surface area (Å²) in [6, 6.07) is 0. The summed E-state index contributed by atoms with van der Waals surface area (Å²) in [5.74, 6) is -0.214. The average Bonchev–Trinajstić information content (AvgIpc) is 3.39. The van der Waals surface area contributed by atoms with E-state index >= 15 is 0 Å². The maximum atomic E-state index is 13.4. The molecule has 0 unspecified atom stereocenters. The summed E-state index contributed by atoms with van der Waals surface area (Å²) in [6.45, 7) is 8.55. The molecule has 4 saturated carbocycles. The summed E-state index contributed by atoms with van der Waals surface area (Å²) in [6.07, 6.45) is 27.7. The van der Waals surface area contributed by atoms with Crippen molar-refractivity contribution in [2.24, 2.45) is 34.5 Å². The van der Waals surface area contributed by atoms with Crippen molar-refractivity contribution in [3.05, 3.63) is 0 Å². The van der Waals surface area contributed by atoms with E-state index in [9.17, 15) is 33.6 Å². The van der Waals surface area contributed by atoms with E-state index in [2.05, 4.69) is 0 Å². The molecular formula is C59H99NO14. The zero-order valence-electron chi connectivity index (χ0n) is 46.8. The number of nitrogens with zero attached hydrogens (tertiary/aromatic N) is 1. The Kier molecular flexibility index (Phi) is 28.8. The molecule has 4 rings (SSSR count). The van der Waals surface area contributed by atoms with Crippen molar-refractivity contribution < 1.29 is 66.7 Å². The molecule has 0 aromatic heterocycles. The van der Waals surface area contributed by atoms with Crippen molar-refractivity contribution in [3.8, 4) is 0 Å². The molecule has 4 fully saturated rings. The van der Waals surface area contributed by atoms with Crippen LogP contribution in [0.4, 0.5) is 4.79 Å². The summed E-state index contributed by atoms with van der Waals surface area (Å²) in [5.41, 5.74) is -2.73. The van der Waals surface area contributed by atoms with Gasteiger partial charge in [-0.1, -0.05) is 128 Å². The summed E-state index contributed by atoms with van der Waals surface area (Å²) >= 11 is 0. The minimum Gasteiger partial charge on any atom is -0.465 e. The Morgan fingerprint density at radius 1 is 0.351 bits per heavy atom. The molecule has 0 N–H and O–H groups in total. The molecule has 1 amide bonds. The minimum absolute atomic E-state index is 0.0331. The second-order valence-electron chi connectivity index (χ2n) is 24.4. The van der Waals surface area contributed by atoms with Crippen LogP contribution in [0.1, 0.15) is 240 Å². The van der Waals surface area contributed by atoms with Crippen LogP contribution in [0.3, 0.4) is 0 Å². The molecule has 0 spiro atoms. The highest BCUT2D eigenvalue weighted by Gasteiger charge is 2.33. The van der Waals surface area contributed by atoms with E-state index in [4.69, 9.17) is 33.2 Å². The van der Waals surface area contributed by atoms with Crippen LogP contribution in [-0.2, 0) is 61.9 Å². The van der Waals surface area contributed by atoms with Crippen LogP contribution in [0.2, 0.25) is 0 Å². The largest absolute Gasteiger partial charge is 0.465 e. The molecular weight excluding hydrogens is 947 g/mol. The Morgan fingerprint density at radius 2 is 0.581 bits per heavy atom. The van der Waals surface area contributed by atoms with Crippen LogP contribution in [0, 0.1) is 34.5 Å². The molecule has 15 heteroatoms. The quantitative estimate of drug-likeness (QED) is 0.0457. The van der Waals surface area contributed by atoms with Gasteiger partial charge in [-0.2, -0.15) is 0 Å². The van der Waals surface area contributed by atoms with Crippen LogP contribution >= 0.6 is 0 Å². The van der Waals surface area contributed by atoms with Gasteiger partial charge in [0.1, 0.15) is 45.2 Å². The lowest BCUT2D eigenvalue weighted by atomic mass is 9.86. The van der Waals surface area contributed by atoms with Gasteiger partial charge in [0.05, 0.1) is 10.8 Å². The zero-order valence-corrected chi connectivity index (χ0v) is 46.8. The van der Waals surface area contributed by atoms with E-state index in [1.807, 2.05) is 0 Å². The van der Waals surface area contributed by atoms with E-state index in [0.717, 1.165) is 77.0 Å². The first-order chi connectivity index (χ1) is 35.4. The Morgan fingerprint density at radius 3 is 0.811 bits per heavy atom. The third kappa shape index (κ3) is 27.8. The van der Waals surface area contributed by atoms with Crippen LogP contribution in [0.25, 0.3) is 0 Å². The highest BCUT2D eigenvalue weighted by Crippen LogP contribution is 2.32. The van der Waals surface area contributed by atoms with Crippen molar-refractivity contribution in [1.82, 2.24) is 4.90 Å². The van der Waals surface area contributed by atoms with Gasteiger partial charge < -0.3 is 38.1 Å². The van der Waals surface area contributed by atoms with Crippen molar-refractivity contribution in [3.63, 3.8) is 0 Å². The molecule has 0 aromatic carbocycles. The van der Waals surface area contributed by atoms with E-state index in [1.165, 1.54) is 81.9 Å². The third-order valence-electron chi connectivity index (χ3n) is 15.7. The normalized spacial score (nSPS) is 17.7. The van der Waals surface area contributed by atoms with Gasteiger partial charge in [0.2, 0.25) is 0 Å². The molecule has 0 atom stereocenters. The molecule has 4 aliphatic carbocycles. The SMILES string of the molecule is CC(COC(=O)CCCN(CCCC(=O)OCC(C)(COC(=O)CCC1CCCCC1)COC(=O)CCC1CCCCC1)C(=O)OC(C)(C)C)(COC(=O)CCC1CCCCC1)COC(=O)CCC1CCCCC1. The first-order valence-corrected chi connectivity index (χ1v) is 29.3. The van der Waals surface area contributed by atoms with Gasteiger partial charge in [0.15, 0.2) is 0 Å². The van der Waals surface area contributed by atoms with Gasteiger partial charge in [-0.3, -0.25) is 28.8 Å². The summed E-state index contributed by atoms with van der Waals surface area (Å²) < 4.78 is 40.0. The average molecular weight is 1050 g/mol. The Balaban J connectivity index is 1.26. The highest BCUT2D eigenvalue weighted by atomic mass is 16.6. The van der Waals surface area contributed by atoms with Crippen LogP contribution < -0.4 is 0 Å². The lowest BCUT2D eigenvalue weighted by Gasteiger charge is -2.29. The lowest BCUT2D eigenvalue weighted by Crippen LogP contribution is -2.39. The molecule has 74 heavy (non-hydrogen) atoms. The van der Waals surface area contributed by atoms with Crippen molar-refractivity contribution >= 4 is 41.9 Å². The van der Waals surface area contributed by atoms with Gasteiger partial charge in [0.25, 0.3) is 0 Å². The second-order valence-corrected chi connectivity index (χ2v) is 24.4. The molecule has 0 aliphatic heterocycles. The lowest BCUT2D eigenvalue weighted by molar-refractivity contribution is -0.163. The summed E-state index contributed by atoms with van der Waals surface area (Å²) in [5, 5.41) is 0. The third-order valence-corrected chi connectivity index (χ3v) is 15.7. The minimum atomic E-state index is -0.970. The van der Waals surface area contributed by atoms with E-state index in [-0.39, 0.29) is 102 Å². The molecule has 0 radical (unpaired) electrons. The van der Waals surface area contributed by atoms with Crippen LogP contribution in [0.5, 0.6) is 0 Å². The first-order valence-electron chi connectivity index (χ1n) is 29.3. The number of amides is 1. The molecule has 0 heterocycles. The predicted octanol–water partition coefficient (Wildman–Crippen LogP) is 12.5. The number of esters is 6. The fourth-order valence-corrected chi connectivity index (χ4v) is 10.9. The number of ether oxygens (including phenoxy) is 7. The smallest absolute Gasteiger partial charge is 0.410 e. The summed E-state index contributed by atoms with van der Waals surface area (Å²) in [4.78, 5) is 92.9. The second kappa shape index (κ2) is 34.0. The Hall–Kier alpha value is -3.91. The van der Waals surface area contributed by atoms with Crippen molar-refractivity contribution in [1.29, 1.82) is 0 Å². The fourth-order valence-electron chi connectivity index (χ4n) is 10.9. The standard InChI is InChI=1S/C59H99NO14/c1-57(2,3)74-56(67)60(38-18-28-50(61)68-40-58(4,42-70-52(63)34-30-46-20-10-6-11-21-46)43-71-53(64)35-31-47-22-12-7-13-23-47)39-19-29-51(62)69-41-59(5,44-72-54(65)36-32-48-24-14-8-15-25-48)45-73-55(66)37-33-49-26-16-9-17-27-49/h46-49H,6-45H2,1-5H3. The maximum Gasteiger partial charge on any atom is 0.410 e. The van der Waals surface area contributed by atoms with E-state index in [1.54, 1.807) is 34.6 Å². The Bertz CT molecular complexity index is 1500. The summed E-state index contributed by atoms with van der Waals surface area (Å²) in [7, 11) is 0. The highest BCUT2D eigenvalue weighted by molar-refractivity contribution is 5.72. The molecule has 424 valence electrons. The number of carbonyl (C=O) groups is 7. The molecule has 0 saturated heterocycles. The van der Waals surface area contributed by atoms with Crippen LogP contribution in [0.15, 0.2) is 0 Å². The maximum absolute atomic E-state index is 13.4. The molecule has 0 aromatic rings. The monoisotopic (exact) mass is 1050 g/mol. The molecule has 15 nitrogen and oxygen atoms in total. The Labute approximate surface area is 445 Å². The fraction of sp³-hybridized carbons (Fsp3) is 0.881.